The van der Waals surface area contributed by atoms with Gasteiger partial charge in [0, 0.05) is 11.3 Å². The van der Waals surface area contributed by atoms with Gasteiger partial charge in [-0.2, -0.15) is 0 Å². The smallest absolute Gasteiger partial charge is 0.223 e. The van der Waals surface area contributed by atoms with Crippen molar-refractivity contribution in [1.82, 2.24) is 0 Å². The van der Waals surface area contributed by atoms with Crippen LogP contribution in [0.2, 0.25) is 0 Å². The minimum atomic E-state index is -0.564. The Kier molecular flexibility index (Phi) is 3.61. The molecule has 0 heterocycles. The van der Waals surface area contributed by atoms with Gasteiger partial charge >= 0.3 is 0 Å². The Morgan fingerprint density at radius 1 is 1.31 bits per heavy atom. The molecule has 1 fully saturated rings. The van der Waals surface area contributed by atoms with E-state index in [1.807, 2.05) is 6.92 Å². The lowest BCUT2D eigenvalue weighted by molar-refractivity contribution is -0.135. The van der Waals surface area contributed by atoms with E-state index in [4.69, 9.17) is 11.5 Å². The standard InChI is InChI=1S/C12H22N2O2/c1-7(2)8-4-5-12(3,11(14)16)6-9(8)10(13)15/h7-9H,4-6H2,1-3H3,(H2,13,15)(H2,14,16). The highest BCUT2D eigenvalue weighted by Crippen LogP contribution is 2.44. The van der Waals surface area contributed by atoms with Gasteiger partial charge in [-0.25, -0.2) is 0 Å². The van der Waals surface area contributed by atoms with Crippen molar-refractivity contribution >= 4 is 11.8 Å². The lowest BCUT2D eigenvalue weighted by atomic mass is 9.63. The molecule has 4 heteroatoms. The van der Waals surface area contributed by atoms with E-state index < -0.39 is 5.41 Å². The maximum atomic E-state index is 11.4. The molecule has 3 atom stereocenters. The molecule has 92 valence electrons. The van der Waals surface area contributed by atoms with Gasteiger partial charge in [-0.15, -0.1) is 0 Å². The molecule has 0 aromatic heterocycles. The van der Waals surface area contributed by atoms with Crippen molar-refractivity contribution in [2.45, 2.75) is 40.0 Å². The molecule has 1 aliphatic carbocycles. The molecule has 2 amide bonds. The van der Waals surface area contributed by atoms with Crippen LogP contribution >= 0.6 is 0 Å². The van der Waals surface area contributed by atoms with E-state index in [9.17, 15) is 9.59 Å². The quantitative estimate of drug-likeness (QED) is 0.753. The summed E-state index contributed by atoms with van der Waals surface area (Å²) in [5.74, 6) is -0.141. The fourth-order valence-electron chi connectivity index (χ4n) is 2.76. The Morgan fingerprint density at radius 3 is 2.25 bits per heavy atom. The first-order valence-corrected chi connectivity index (χ1v) is 5.87. The first-order valence-electron chi connectivity index (χ1n) is 5.87. The van der Waals surface area contributed by atoms with Gasteiger partial charge in [-0.1, -0.05) is 20.8 Å². The maximum absolute atomic E-state index is 11.4. The van der Waals surface area contributed by atoms with Crippen LogP contribution in [0.15, 0.2) is 0 Å². The van der Waals surface area contributed by atoms with Gasteiger partial charge in [0.25, 0.3) is 0 Å². The SMILES string of the molecule is CC(C)C1CCC(C)(C(N)=O)CC1C(N)=O. The van der Waals surface area contributed by atoms with E-state index in [2.05, 4.69) is 13.8 Å². The Labute approximate surface area is 96.8 Å². The topological polar surface area (TPSA) is 86.2 Å². The summed E-state index contributed by atoms with van der Waals surface area (Å²) in [4.78, 5) is 22.8. The van der Waals surface area contributed by atoms with Gasteiger partial charge in [0.05, 0.1) is 0 Å². The number of primary amides is 2. The molecule has 0 aliphatic heterocycles. The molecule has 0 aromatic carbocycles. The largest absolute Gasteiger partial charge is 0.369 e. The Bertz CT molecular complexity index is 301. The minimum Gasteiger partial charge on any atom is -0.369 e. The Morgan fingerprint density at radius 2 is 1.88 bits per heavy atom. The van der Waals surface area contributed by atoms with Gasteiger partial charge < -0.3 is 11.5 Å². The highest BCUT2D eigenvalue weighted by molar-refractivity contribution is 5.83. The molecule has 0 aromatic rings. The van der Waals surface area contributed by atoms with E-state index >= 15 is 0 Å². The molecule has 0 bridgehead atoms. The molecule has 4 N–H and O–H groups in total. The molecule has 1 aliphatic rings. The molecule has 0 spiro atoms. The zero-order valence-electron chi connectivity index (χ0n) is 10.3. The van der Waals surface area contributed by atoms with E-state index in [-0.39, 0.29) is 23.7 Å². The molecule has 0 radical (unpaired) electrons. The number of nitrogens with two attached hydrogens (primary N) is 2. The van der Waals surface area contributed by atoms with Gasteiger partial charge in [0.1, 0.15) is 0 Å². The molecule has 16 heavy (non-hydrogen) atoms. The summed E-state index contributed by atoms with van der Waals surface area (Å²) in [5.41, 5.74) is 10.3. The van der Waals surface area contributed by atoms with E-state index in [1.165, 1.54) is 0 Å². The number of amides is 2. The molecular weight excluding hydrogens is 204 g/mol. The third-order valence-corrected chi connectivity index (χ3v) is 4.03. The van der Waals surface area contributed by atoms with Gasteiger partial charge in [0.15, 0.2) is 0 Å². The van der Waals surface area contributed by atoms with Crippen molar-refractivity contribution in [1.29, 1.82) is 0 Å². The van der Waals surface area contributed by atoms with E-state index in [0.29, 0.717) is 12.3 Å². The molecule has 0 saturated heterocycles. The summed E-state index contributed by atoms with van der Waals surface area (Å²) in [6, 6.07) is 0. The third kappa shape index (κ3) is 2.36. The van der Waals surface area contributed by atoms with Crippen molar-refractivity contribution in [2.75, 3.05) is 0 Å². The average Bonchev–Trinajstić information content (AvgIpc) is 2.16. The second-order valence-electron chi connectivity index (χ2n) is 5.58. The number of hydrogen-bond acceptors (Lipinski definition) is 2. The van der Waals surface area contributed by atoms with Crippen LogP contribution in [0.4, 0.5) is 0 Å². The summed E-state index contributed by atoms with van der Waals surface area (Å²) in [6.45, 7) is 6.02. The first-order chi connectivity index (χ1) is 7.28. The van der Waals surface area contributed by atoms with Crippen LogP contribution in [0.3, 0.4) is 0 Å². The average molecular weight is 226 g/mol. The highest BCUT2D eigenvalue weighted by Gasteiger charge is 2.44. The number of hydrogen-bond donors (Lipinski definition) is 2. The molecule has 3 unspecified atom stereocenters. The molecule has 1 saturated carbocycles. The fraction of sp³-hybridized carbons (Fsp3) is 0.833. The zero-order chi connectivity index (χ0) is 12.5. The third-order valence-electron chi connectivity index (χ3n) is 4.03. The highest BCUT2D eigenvalue weighted by atomic mass is 16.2. The summed E-state index contributed by atoms with van der Waals surface area (Å²) in [6.07, 6.45) is 2.11. The van der Waals surface area contributed by atoms with Crippen LogP contribution in [0.1, 0.15) is 40.0 Å². The first kappa shape index (κ1) is 13.0. The lowest BCUT2D eigenvalue weighted by Gasteiger charge is -2.41. The Hall–Kier alpha value is -1.06. The fourth-order valence-corrected chi connectivity index (χ4v) is 2.76. The van der Waals surface area contributed by atoms with Gasteiger partial charge in [-0.05, 0) is 31.1 Å². The normalized spacial score (nSPS) is 35.0. The monoisotopic (exact) mass is 226 g/mol. The Balaban J connectivity index is 2.88. The summed E-state index contributed by atoms with van der Waals surface area (Å²) in [7, 11) is 0. The summed E-state index contributed by atoms with van der Waals surface area (Å²) < 4.78 is 0. The van der Waals surface area contributed by atoms with Crippen LogP contribution in [0, 0.1) is 23.2 Å². The van der Waals surface area contributed by atoms with Crippen LogP contribution < -0.4 is 11.5 Å². The lowest BCUT2D eigenvalue weighted by Crippen LogP contribution is -2.46. The van der Waals surface area contributed by atoms with E-state index in [1.54, 1.807) is 0 Å². The predicted octanol–water partition coefficient (Wildman–Crippen LogP) is 1.04. The van der Waals surface area contributed by atoms with Gasteiger partial charge in [-0.3, -0.25) is 9.59 Å². The molecule has 1 rings (SSSR count). The molecule has 4 nitrogen and oxygen atoms in total. The van der Waals surface area contributed by atoms with Crippen LogP contribution in [0.5, 0.6) is 0 Å². The van der Waals surface area contributed by atoms with Crippen molar-refractivity contribution in [3.05, 3.63) is 0 Å². The van der Waals surface area contributed by atoms with Crippen molar-refractivity contribution < 1.29 is 9.59 Å². The second-order valence-corrected chi connectivity index (χ2v) is 5.58. The van der Waals surface area contributed by atoms with Crippen molar-refractivity contribution in [3.8, 4) is 0 Å². The predicted molar refractivity (Wildman–Crippen MR) is 62.2 cm³/mol. The van der Waals surface area contributed by atoms with Crippen molar-refractivity contribution in [3.63, 3.8) is 0 Å². The van der Waals surface area contributed by atoms with Crippen molar-refractivity contribution in [2.24, 2.45) is 34.6 Å². The number of rotatable bonds is 3. The summed E-state index contributed by atoms with van der Waals surface area (Å²) in [5, 5.41) is 0. The number of carbonyl (C=O) groups excluding carboxylic acids is 2. The maximum Gasteiger partial charge on any atom is 0.223 e. The van der Waals surface area contributed by atoms with Crippen LogP contribution in [0.25, 0.3) is 0 Å². The second kappa shape index (κ2) is 4.44. The molecular formula is C12H22N2O2. The van der Waals surface area contributed by atoms with Gasteiger partial charge in [0.2, 0.25) is 11.8 Å². The van der Waals surface area contributed by atoms with Crippen LogP contribution in [-0.4, -0.2) is 11.8 Å². The van der Waals surface area contributed by atoms with Crippen LogP contribution in [-0.2, 0) is 9.59 Å². The summed E-state index contributed by atoms with van der Waals surface area (Å²) >= 11 is 0. The minimum absolute atomic E-state index is 0.216. The number of carbonyl (C=O) groups is 2. The van der Waals surface area contributed by atoms with E-state index in [0.717, 1.165) is 12.8 Å². The zero-order valence-corrected chi connectivity index (χ0v) is 10.3.